The predicted molar refractivity (Wildman–Crippen MR) is 102 cm³/mol. The summed E-state index contributed by atoms with van der Waals surface area (Å²) in [6.45, 7) is 1.49. The zero-order chi connectivity index (χ0) is 18.4. The molecule has 0 bridgehead atoms. The molecule has 1 amide bonds. The maximum atomic E-state index is 12.2. The molecule has 0 saturated heterocycles. The Labute approximate surface area is 159 Å². The molecule has 2 aromatic rings. The molecule has 0 atom stereocenters. The normalized spacial score (nSPS) is 12.0. The quantitative estimate of drug-likeness (QED) is 0.379. The van der Waals surface area contributed by atoms with Gasteiger partial charge in [-0.25, -0.2) is 0 Å². The zero-order valence-electron chi connectivity index (χ0n) is 12.9. The third kappa shape index (κ3) is 5.09. The number of nitrogens with one attached hydrogen (secondary N) is 2. The number of rotatable bonds is 5. The van der Waals surface area contributed by atoms with Gasteiger partial charge in [0, 0.05) is 10.7 Å². The van der Waals surface area contributed by atoms with Gasteiger partial charge in [-0.05, 0) is 31.2 Å². The minimum absolute atomic E-state index is 0.123. The highest BCUT2D eigenvalue weighted by atomic mass is 35.5. The van der Waals surface area contributed by atoms with E-state index in [1.165, 1.54) is 19.1 Å². The first-order valence-corrected chi connectivity index (χ1v) is 8.09. The van der Waals surface area contributed by atoms with E-state index in [0.29, 0.717) is 16.4 Å². The average molecular weight is 400 g/mol. The van der Waals surface area contributed by atoms with Gasteiger partial charge in [0.25, 0.3) is 5.91 Å². The number of anilines is 2. The Morgan fingerprint density at radius 1 is 1.08 bits per heavy atom. The van der Waals surface area contributed by atoms with Crippen molar-refractivity contribution in [3.8, 4) is 0 Å². The Morgan fingerprint density at radius 2 is 1.68 bits per heavy atom. The van der Waals surface area contributed by atoms with E-state index in [9.17, 15) is 4.79 Å². The summed E-state index contributed by atoms with van der Waals surface area (Å²) >= 11 is 17.9. The summed E-state index contributed by atoms with van der Waals surface area (Å²) in [6.07, 6.45) is 0. The monoisotopic (exact) mass is 398 g/mol. The van der Waals surface area contributed by atoms with Gasteiger partial charge in [0.1, 0.15) is 0 Å². The molecule has 9 heteroatoms. The SMILES string of the molecule is CC(=N\Nc1c(Cl)cc(Cl)cc1Cl)/C(=N\O)C(=O)Nc1ccccc1. The van der Waals surface area contributed by atoms with Crippen LogP contribution in [-0.4, -0.2) is 22.5 Å². The summed E-state index contributed by atoms with van der Waals surface area (Å²) < 4.78 is 0. The zero-order valence-corrected chi connectivity index (χ0v) is 15.2. The number of halogens is 3. The van der Waals surface area contributed by atoms with Crippen molar-refractivity contribution in [3.63, 3.8) is 0 Å². The molecule has 0 aliphatic rings. The lowest BCUT2D eigenvalue weighted by molar-refractivity contribution is -0.110. The van der Waals surface area contributed by atoms with Gasteiger partial charge >= 0.3 is 0 Å². The largest absolute Gasteiger partial charge is 0.410 e. The van der Waals surface area contributed by atoms with E-state index < -0.39 is 5.91 Å². The molecule has 25 heavy (non-hydrogen) atoms. The fraction of sp³-hybridized carbons (Fsp3) is 0.0625. The second-order valence-electron chi connectivity index (χ2n) is 4.82. The van der Waals surface area contributed by atoms with E-state index in [-0.39, 0.29) is 21.5 Å². The third-order valence-electron chi connectivity index (χ3n) is 3.03. The number of benzene rings is 2. The maximum absolute atomic E-state index is 12.2. The standard InChI is InChI=1S/C16H13Cl3N4O2/c1-9(21-22-15-12(18)7-10(17)8-13(15)19)14(23-25)16(24)20-11-5-3-2-4-6-11/h2-8,22,25H,1H3,(H,20,24)/b21-9+,23-14+. The van der Waals surface area contributed by atoms with Gasteiger partial charge in [0.2, 0.25) is 0 Å². The summed E-state index contributed by atoms with van der Waals surface area (Å²) in [5.74, 6) is -0.620. The Balaban J connectivity index is 2.15. The number of amides is 1. The molecule has 2 rings (SSSR count). The van der Waals surface area contributed by atoms with Crippen molar-refractivity contribution in [2.24, 2.45) is 10.3 Å². The van der Waals surface area contributed by atoms with Gasteiger partial charge in [-0.3, -0.25) is 10.2 Å². The number of carbonyl (C=O) groups is 1. The molecule has 2 aromatic carbocycles. The molecule has 0 heterocycles. The van der Waals surface area contributed by atoms with E-state index in [4.69, 9.17) is 40.0 Å². The lowest BCUT2D eigenvalue weighted by atomic mass is 10.2. The van der Waals surface area contributed by atoms with Crippen LogP contribution in [0.4, 0.5) is 11.4 Å². The van der Waals surface area contributed by atoms with Crippen molar-refractivity contribution in [2.75, 3.05) is 10.7 Å². The molecule has 130 valence electrons. The minimum atomic E-state index is -0.620. The van der Waals surface area contributed by atoms with Crippen LogP contribution in [0.1, 0.15) is 6.92 Å². The van der Waals surface area contributed by atoms with E-state index in [1.54, 1.807) is 24.3 Å². The molecule has 0 aliphatic heterocycles. The van der Waals surface area contributed by atoms with Crippen LogP contribution < -0.4 is 10.7 Å². The molecule has 0 spiro atoms. The van der Waals surface area contributed by atoms with Crippen molar-refractivity contribution in [2.45, 2.75) is 6.92 Å². The molecule has 0 aliphatic carbocycles. The van der Waals surface area contributed by atoms with Gasteiger partial charge in [0.15, 0.2) is 5.71 Å². The Morgan fingerprint density at radius 3 is 2.24 bits per heavy atom. The number of hydrazone groups is 1. The van der Waals surface area contributed by atoms with Crippen LogP contribution in [0.3, 0.4) is 0 Å². The Kier molecular flexibility index (Phi) is 6.64. The number of carbonyl (C=O) groups excluding carboxylic acids is 1. The molecule has 0 unspecified atom stereocenters. The van der Waals surface area contributed by atoms with Gasteiger partial charge in [0.05, 0.1) is 21.4 Å². The first kappa shape index (κ1) is 19.1. The molecular weight excluding hydrogens is 387 g/mol. The number of oxime groups is 1. The van der Waals surface area contributed by atoms with Gasteiger partial charge < -0.3 is 10.5 Å². The van der Waals surface area contributed by atoms with Crippen molar-refractivity contribution in [3.05, 3.63) is 57.5 Å². The molecule has 0 saturated carbocycles. The summed E-state index contributed by atoms with van der Waals surface area (Å²) in [5, 5.41) is 19.6. The lowest BCUT2D eigenvalue weighted by Crippen LogP contribution is -2.29. The van der Waals surface area contributed by atoms with Crippen molar-refractivity contribution < 1.29 is 10.0 Å². The molecule has 0 fully saturated rings. The van der Waals surface area contributed by atoms with Crippen LogP contribution in [0.25, 0.3) is 0 Å². The van der Waals surface area contributed by atoms with Gasteiger partial charge in [-0.15, -0.1) is 0 Å². The average Bonchev–Trinajstić information content (AvgIpc) is 2.55. The number of hydrogen-bond donors (Lipinski definition) is 3. The smallest absolute Gasteiger partial charge is 0.279 e. The maximum Gasteiger partial charge on any atom is 0.279 e. The Bertz CT molecular complexity index is 816. The highest BCUT2D eigenvalue weighted by molar-refractivity contribution is 6.68. The van der Waals surface area contributed by atoms with E-state index in [0.717, 1.165) is 0 Å². The molecule has 3 N–H and O–H groups in total. The fourth-order valence-corrected chi connectivity index (χ4v) is 2.74. The second kappa shape index (κ2) is 8.71. The van der Waals surface area contributed by atoms with Crippen molar-refractivity contribution in [1.29, 1.82) is 0 Å². The van der Waals surface area contributed by atoms with E-state index in [1.807, 2.05) is 6.07 Å². The minimum Gasteiger partial charge on any atom is -0.410 e. The highest BCUT2D eigenvalue weighted by Gasteiger charge is 2.17. The van der Waals surface area contributed by atoms with Crippen molar-refractivity contribution >= 4 is 63.5 Å². The first-order chi connectivity index (χ1) is 11.9. The Hall–Kier alpha value is -2.28. The molecule has 0 aromatic heterocycles. The first-order valence-electron chi connectivity index (χ1n) is 6.96. The van der Waals surface area contributed by atoms with E-state index >= 15 is 0 Å². The van der Waals surface area contributed by atoms with Crippen molar-refractivity contribution in [1.82, 2.24) is 0 Å². The van der Waals surface area contributed by atoms with Gasteiger partial charge in [-0.2, -0.15) is 5.10 Å². The number of hydrogen-bond acceptors (Lipinski definition) is 5. The van der Waals surface area contributed by atoms with Crippen LogP contribution >= 0.6 is 34.8 Å². The second-order valence-corrected chi connectivity index (χ2v) is 6.07. The fourth-order valence-electron chi connectivity index (χ4n) is 1.84. The summed E-state index contributed by atoms with van der Waals surface area (Å²) in [5.41, 5.74) is 3.36. The number of nitrogens with zero attached hydrogens (tertiary/aromatic N) is 2. The third-order valence-corrected chi connectivity index (χ3v) is 3.85. The molecular formula is C16H13Cl3N4O2. The predicted octanol–water partition coefficient (Wildman–Crippen LogP) is 4.90. The topological polar surface area (TPSA) is 86.1 Å². The summed E-state index contributed by atoms with van der Waals surface area (Å²) in [6, 6.07) is 11.7. The van der Waals surface area contributed by atoms with Crippen LogP contribution in [0.15, 0.2) is 52.7 Å². The molecule has 6 nitrogen and oxygen atoms in total. The summed E-state index contributed by atoms with van der Waals surface area (Å²) in [7, 11) is 0. The van der Waals surface area contributed by atoms with Gasteiger partial charge in [-0.1, -0.05) is 58.2 Å². The molecule has 0 radical (unpaired) electrons. The number of para-hydroxylation sites is 1. The van der Waals surface area contributed by atoms with Crippen LogP contribution in [-0.2, 0) is 4.79 Å². The van der Waals surface area contributed by atoms with Crippen LogP contribution in [0, 0.1) is 0 Å². The van der Waals surface area contributed by atoms with E-state index in [2.05, 4.69) is 21.0 Å². The van der Waals surface area contributed by atoms with Crippen LogP contribution in [0.2, 0.25) is 15.1 Å². The van der Waals surface area contributed by atoms with Crippen LogP contribution in [0.5, 0.6) is 0 Å². The highest BCUT2D eigenvalue weighted by Crippen LogP contribution is 2.33. The summed E-state index contributed by atoms with van der Waals surface area (Å²) in [4.78, 5) is 12.2. The lowest BCUT2D eigenvalue weighted by Gasteiger charge is -2.09.